The Morgan fingerprint density at radius 3 is 2.59 bits per heavy atom. The van der Waals surface area contributed by atoms with Crippen molar-refractivity contribution in [3.63, 3.8) is 0 Å². The van der Waals surface area contributed by atoms with E-state index in [-0.39, 0.29) is 17.2 Å². The lowest BCUT2D eigenvalue weighted by Crippen LogP contribution is -2.53. The average Bonchev–Trinajstić information content (AvgIpc) is 2.44. The van der Waals surface area contributed by atoms with Gasteiger partial charge in [-0.25, -0.2) is 0 Å². The molecule has 3 nitrogen and oxygen atoms in total. The molecule has 0 saturated heterocycles. The van der Waals surface area contributed by atoms with E-state index in [1.807, 2.05) is 0 Å². The molecule has 0 spiro atoms. The predicted molar refractivity (Wildman–Crippen MR) is 87.4 cm³/mol. The van der Waals surface area contributed by atoms with Gasteiger partial charge < -0.3 is 9.53 Å². The van der Waals surface area contributed by atoms with Gasteiger partial charge in [0.1, 0.15) is 5.78 Å². The van der Waals surface area contributed by atoms with E-state index in [4.69, 9.17) is 4.74 Å². The molecule has 4 atom stereocenters. The van der Waals surface area contributed by atoms with E-state index in [9.17, 15) is 9.59 Å². The van der Waals surface area contributed by atoms with Gasteiger partial charge in [0.15, 0.2) is 0 Å². The third-order valence-corrected chi connectivity index (χ3v) is 6.46. The first-order valence-corrected chi connectivity index (χ1v) is 8.51. The zero-order valence-electron chi connectivity index (χ0n) is 14.5. The van der Waals surface area contributed by atoms with E-state index >= 15 is 0 Å². The fraction of sp³-hybridized carbons (Fsp3) is 0.789. The highest BCUT2D eigenvalue weighted by Crippen LogP contribution is 2.62. The molecular weight excluding hydrogens is 276 g/mol. The predicted octanol–water partition coefficient (Wildman–Crippen LogP) is 4.31. The van der Waals surface area contributed by atoms with Crippen LogP contribution in [0.2, 0.25) is 0 Å². The van der Waals surface area contributed by atoms with Crippen LogP contribution in [0.5, 0.6) is 0 Å². The first kappa shape index (κ1) is 17.2. The summed E-state index contributed by atoms with van der Waals surface area (Å²) in [7, 11) is 1.49. The minimum absolute atomic E-state index is 0.0615. The minimum Gasteiger partial charge on any atom is -0.469 e. The molecule has 0 bridgehead atoms. The molecule has 2 fully saturated rings. The molecule has 2 rings (SSSR count). The van der Waals surface area contributed by atoms with Crippen molar-refractivity contribution in [3.8, 4) is 0 Å². The van der Waals surface area contributed by atoms with Crippen molar-refractivity contribution in [1.29, 1.82) is 0 Å². The number of fused-ring (bicyclic) bond motifs is 1. The Hall–Kier alpha value is -1.12. The standard InChI is InChI=1S/C19H30O3/c1-13-7-10-16-18(3,15(13)9-8-14(2)20)11-6-12-19(16,4)17(21)22-5/h15-16H,1,6-12H2,2-5H3/t15-,16+,18-,19+/m1/s1. The maximum absolute atomic E-state index is 12.4. The van der Waals surface area contributed by atoms with Gasteiger partial charge in [0, 0.05) is 6.42 Å². The quantitative estimate of drug-likeness (QED) is 0.574. The summed E-state index contributed by atoms with van der Waals surface area (Å²) in [6.45, 7) is 10.3. The van der Waals surface area contributed by atoms with Gasteiger partial charge in [-0.1, -0.05) is 25.5 Å². The monoisotopic (exact) mass is 306 g/mol. The summed E-state index contributed by atoms with van der Waals surface area (Å²) in [5.41, 5.74) is 0.942. The van der Waals surface area contributed by atoms with Crippen LogP contribution in [0.3, 0.4) is 0 Å². The number of Topliss-reactive ketones (excluding diaryl/α,β-unsaturated/α-hetero) is 1. The van der Waals surface area contributed by atoms with E-state index in [0.29, 0.717) is 18.3 Å². The molecule has 0 aromatic rings. The highest BCUT2D eigenvalue weighted by Gasteiger charge is 2.57. The van der Waals surface area contributed by atoms with Crippen molar-refractivity contribution in [2.24, 2.45) is 22.7 Å². The second-order valence-corrected chi connectivity index (χ2v) is 7.81. The van der Waals surface area contributed by atoms with Crippen LogP contribution in [-0.2, 0) is 14.3 Å². The van der Waals surface area contributed by atoms with Gasteiger partial charge in [-0.2, -0.15) is 0 Å². The molecule has 0 radical (unpaired) electrons. The number of rotatable bonds is 4. The summed E-state index contributed by atoms with van der Waals surface area (Å²) < 4.78 is 5.13. The molecule has 22 heavy (non-hydrogen) atoms. The summed E-state index contributed by atoms with van der Waals surface area (Å²) in [4.78, 5) is 23.9. The highest BCUT2D eigenvalue weighted by atomic mass is 16.5. The molecule has 2 aliphatic rings. The number of esters is 1. The lowest BCUT2D eigenvalue weighted by molar-refractivity contribution is -0.168. The van der Waals surface area contributed by atoms with Crippen LogP contribution >= 0.6 is 0 Å². The zero-order valence-corrected chi connectivity index (χ0v) is 14.5. The van der Waals surface area contributed by atoms with Gasteiger partial charge in [0.25, 0.3) is 0 Å². The lowest BCUT2D eigenvalue weighted by atomic mass is 9.46. The Balaban J connectivity index is 2.33. The number of hydrogen-bond donors (Lipinski definition) is 0. The molecule has 124 valence electrons. The number of allylic oxidation sites excluding steroid dienone is 1. The maximum atomic E-state index is 12.4. The fourth-order valence-corrected chi connectivity index (χ4v) is 5.31. The van der Waals surface area contributed by atoms with Crippen LogP contribution in [-0.4, -0.2) is 18.9 Å². The normalized spacial score (nSPS) is 38.3. The first-order valence-electron chi connectivity index (χ1n) is 8.51. The summed E-state index contributed by atoms with van der Waals surface area (Å²) in [5, 5.41) is 0. The van der Waals surface area contributed by atoms with Crippen molar-refractivity contribution in [2.45, 2.75) is 65.7 Å². The summed E-state index contributed by atoms with van der Waals surface area (Å²) in [6.07, 6.45) is 6.53. The molecule has 0 aliphatic heterocycles. The third-order valence-electron chi connectivity index (χ3n) is 6.46. The molecule has 0 aromatic heterocycles. The Labute approximate surface area is 134 Å². The van der Waals surface area contributed by atoms with Gasteiger partial charge in [-0.15, -0.1) is 0 Å². The summed E-state index contributed by atoms with van der Waals surface area (Å²) >= 11 is 0. The molecule has 0 aromatic carbocycles. The zero-order chi connectivity index (χ0) is 16.5. The Morgan fingerprint density at radius 1 is 1.32 bits per heavy atom. The van der Waals surface area contributed by atoms with Gasteiger partial charge in [-0.05, 0) is 63.2 Å². The molecule has 0 unspecified atom stereocenters. The summed E-state index contributed by atoms with van der Waals surface area (Å²) in [6, 6.07) is 0. The second-order valence-electron chi connectivity index (χ2n) is 7.81. The van der Waals surface area contributed by atoms with Crippen LogP contribution in [0, 0.1) is 22.7 Å². The number of carbonyl (C=O) groups excluding carboxylic acids is 2. The van der Waals surface area contributed by atoms with Crippen LogP contribution in [0.1, 0.15) is 65.7 Å². The fourth-order valence-electron chi connectivity index (χ4n) is 5.31. The van der Waals surface area contributed by atoms with Crippen molar-refractivity contribution in [3.05, 3.63) is 12.2 Å². The van der Waals surface area contributed by atoms with E-state index in [1.54, 1.807) is 6.92 Å². The van der Waals surface area contributed by atoms with Crippen molar-refractivity contribution >= 4 is 11.8 Å². The van der Waals surface area contributed by atoms with E-state index < -0.39 is 5.41 Å². The number of carbonyl (C=O) groups is 2. The number of ketones is 1. The topological polar surface area (TPSA) is 43.4 Å². The highest BCUT2D eigenvalue weighted by molar-refractivity contribution is 5.77. The molecule has 2 aliphatic carbocycles. The number of methoxy groups -OCH3 is 1. The Bertz CT molecular complexity index is 481. The van der Waals surface area contributed by atoms with Gasteiger partial charge in [0.05, 0.1) is 12.5 Å². The Kier molecular flexibility index (Phi) is 4.84. The van der Waals surface area contributed by atoms with Crippen molar-refractivity contribution in [2.75, 3.05) is 7.11 Å². The average molecular weight is 306 g/mol. The Morgan fingerprint density at radius 2 is 2.00 bits per heavy atom. The summed E-state index contributed by atoms with van der Waals surface area (Å²) in [5.74, 6) is 0.842. The van der Waals surface area contributed by atoms with Crippen LogP contribution in [0.25, 0.3) is 0 Å². The smallest absolute Gasteiger partial charge is 0.311 e. The van der Waals surface area contributed by atoms with Crippen LogP contribution < -0.4 is 0 Å². The van der Waals surface area contributed by atoms with Crippen molar-refractivity contribution in [1.82, 2.24) is 0 Å². The van der Waals surface area contributed by atoms with E-state index in [1.165, 1.54) is 12.7 Å². The van der Waals surface area contributed by atoms with E-state index in [2.05, 4.69) is 20.4 Å². The van der Waals surface area contributed by atoms with Gasteiger partial charge in [-0.3, -0.25) is 4.79 Å². The van der Waals surface area contributed by atoms with E-state index in [0.717, 1.165) is 38.5 Å². The second kappa shape index (κ2) is 6.17. The molecular formula is C19H30O3. The lowest BCUT2D eigenvalue weighted by Gasteiger charge is -2.57. The largest absolute Gasteiger partial charge is 0.469 e. The molecule has 3 heteroatoms. The SMILES string of the molecule is C=C1CC[C@H]2[C@](C)(CCC[C@]2(C)C(=O)OC)[C@@H]1CCC(C)=O. The van der Waals surface area contributed by atoms with Gasteiger partial charge in [0.2, 0.25) is 0 Å². The molecule has 0 N–H and O–H groups in total. The molecule has 2 saturated carbocycles. The molecule has 0 heterocycles. The third kappa shape index (κ3) is 2.75. The van der Waals surface area contributed by atoms with Gasteiger partial charge >= 0.3 is 5.97 Å². The number of ether oxygens (including phenoxy) is 1. The van der Waals surface area contributed by atoms with Crippen molar-refractivity contribution < 1.29 is 14.3 Å². The van der Waals surface area contributed by atoms with Crippen LogP contribution in [0.15, 0.2) is 12.2 Å². The maximum Gasteiger partial charge on any atom is 0.311 e. The molecule has 0 amide bonds. The first-order chi connectivity index (χ1) is 10.3. The van der Waals surface area contributed by atoms with Crippen LogP contribution in [0.4, 0.5) is 0 Å². The minimum atomic E-state index is -0.392. The number of hydrogen-bond acceptors (Lipinski definition) is 3.